The van der Waals surface area contributed by atoms with Crippen molar-refractivity contribution in [1.29, 1.82) is 0 Å². The highest BCUT2D eigenvalue weighted by atomic mass is 19.4. The van der Waals surface area contributed by atoms with E-state index in [1.54, 1.807) is 19.9 Å². The van der Waals surface area contributed by atoms with E-state index in [9.17, 15) is 13.2 Å². The summed E-state index contributed by atoms with van der Waals surface area (Å²) in [5, 5.41) is -0.0956. The number of benzene rings is 1. The van der Waals surface area contributed by atoms with Crippen LogP contribution in [-0.4, -0.2) is 23.6 Å². The molecule has 116 valence electrons. The molecule has 3 rings (SSSR count). The quantitative estimate of drug-likeness (QED) is 0.839. The number of hydrogen-bond donors (Lipinski definition) is 0. The largest absolute Gasteiger partial charge is 0.457 e. The molecule has 4 nitrogen and oxygen atoms in total. The SMILES string of the molecule is CC(C)OC1C=Nc2ccc3nccc(C(F)(F)F)c3c2O1. The maximum Gasteiger partial charge on any atom is 0.417 e. The van der Waals surface area contributed by atoms with Crippen LogP contribution < -0.4 is 4.74 Å². The van der Waals surface area contributed by atoms with Gasteiger partial charge in [-0.1, -0.05) is 0 Å². The minimum atomic E-state index is -4.50. The van der Waals surface area contributed by atoms with Crippen LogP contribution in [0.25, 0.3) is 10.9 Å². The van der Waals surface area contributed by atoms with E-state index >= 15 is 0 Å². The predicted molar refractivity (Wildman–Crippen MR) is 75.5 cm³/mol. The van der Waals surface area contributed by atoms with Crippen molar-refractivity contribution in [3.05, 3.63) is 30.0 Å². The van der Waals surface area contributed by atoms with Gasteiger partial charge in [0.05, 0.1) is 28.8 Å². The van der Waals surface area contributed by atoms with Crippen molar-refractivity contribution in [3.63, 3.8) is 0 Å². The van der Waals surface area contributed by atoms with Crippen LogP contribution in [0.2, 0.25) is 0 Å². The van der Waals surface area contributed by atoms with Crippen LogP contribution in [0.15, 0.2) is 29.4 Å². The summed E-state index contributed by atoms with van der Waals surface area (Å²) < 4.78 is 50.8. The Morgan fingerprint density at radius 1 is 1.23 bits per heavy atom. The Kier molecular flexibility index (Phi) is 3.52. The normalized spacial score (nSPS) is 17.6. The lowest BCUT2D eigenvalue weighted by molar-refractivity contribution is -0.136. The molecule has 1 aliphatic rings. The average Bonchev–Trinajstić information content (AvgIpc) is 2.44. The molecule has 0 bridgehead atoms. The number of aromatic nitrogens is 1. The van der Waals surface area contributed by atoms with Crippen molar-refractivity contribution in [3.8, 4) is 5.75 Å². The molecule has 1 unspecified atom stereocenters. The van der Waals surface area contributed by atoms with Gasteiger partial charge in [0.15, 0.2) is 5.75 Å². The third-order valence-electron chi connectivity index (χ3n) is 3.12. The first-order valence-corrected chi connectivity index (χ1v) is 6.71. The van der Waals surface area contributed by atoms with Gasteiger partial charge in [-0.25, -0.2) is 0 Å². The molecule has 0 radical (unpaired) electrons. The zero-order valence-corrected chi connectivity index (χ0v) is 11.9. The Morgan fingerprint density at radius 3 is 2.68 bits per heavy atom. The second-order valence-corrected chi connectivity index (χ2v) is 5.11. The van der Waals surface area contributed by atoms with Gasteiger partial charge in [-0.05, 0) is 32.0 Å². The van der Waals surface area contributed by atoms with Crippen LogP contribution in [0.4, 0.5) is 18.9 Å². The van der Waals surface area contributed by atoms with Gasteiger partial charge < -0.3 is 9.47 Å². The zero-order chi connectivity index (χ0) is 15.9. The van der Waals surface area contributed by atoms with E-state index in [-0.39, 0.29) is 22.8 Å². The van der Waals surface area contributed by atoms with E-state index in [1.165, 1.54) is 12.3 Å². The van der Waals surface area contributed by atoms with Crippen LogP contribution in [-0.2, 0) is 10.9 Å². The Hall–Kier alpha value is -2.15. The molecule has 1 aromatic heterocycles. The minimum absolute atomic E-state index is 0.0473. The van der Waals surface area contributed by atoms with E-state index in [4.69, 9.17) is 9.47 Å². The second kappa shape index (κ2) is 5.24. The van der Waals surface area contributed by atoms with Crippen LogP contribution in [0.3, 0.4) is 0 Å². The number of nitrogens with zero attached hydrogens (tertiary/aromatic N) is 2. The first kappa shape index (κ1) is 14.8. The van der Waals surface area contributed by atoms with E-state index in [0.717, 1.165) is 12.3 Å². The molecule has 0 saturated heterocycles. The smallest absolute Gasteiger partial charge is 0.417 e. The Labute approximate surface area is 124 Å². The lowest BCUT2D eigenvalue weighted by atomic mass is 10.1. The van der Waals surface area contributed by atoms with Crippen LogP contribution >= 0.6 is 0 Å². The predicted octanol–water partition coefficient (Wildman–Crippen LogP) is 4.10. The van der Waals surface area contributed by atoms with E-state index in [2.05, 4.69) is 9.98 Å². The van der Waals surface area contributed by atoms with Crippen molar-refractivity contribution < 1.29 is 22.6 Å². The maximum atomic E-state index is 13.2. The molecule has 1 atom stereocenters. The van der Waals surface area contributed by atoms with Gasteiger partial charge >= 0.3 is 6.18 Å². The zero-order valence-electron chi connectivity index (χ0n) is 11.9. The summed E-state index contributed by atoms with van der Waals surface area (Å²) in [5.41, 5.74) is -0.265. The van der Waals surface area contributed by atoms with Gasteiger partial charge in [0.25, 0.3) is 0 Å². The summed E-state index contributed by atoms with van der Waals surface area (Å²) in [6, 6.07) is 4.00. The van der Waals surface area contributed by atoms with Crippen molar-refractivity contribution in [2.45, 2.75) is 32.4 Å². The van der Waals surface area contributed by atoms with Gasteiger partial charge in [-0.15, -0.1) is 0 Å². The highest BCUT2D eigenvalue weighted by Crippen LogP contribution is 2.44. The molecule has 0 amide bonds. The van der Waals surface area contributed by atoms with Crippen molar-refractivity contribution in [1.82, 2.24) is 4.98 Å². The third kappa shape index (κ3) is 2.64. The highest BCUT2D eigenvalue weighted by Gasteiger charge is 2.35. The number of aliphatic imine (C=N–C) groups is 1. The number of hydrogen-bond acceptors (Lipinski definition) is 4. The van der Waals surface area contributed by atoms with E-state index in [1.807, 2.05) is 0 Å². The van der Waals surface area contributed by atoms with Gasteiger partial charge in [0, 0.05) is 6.20 Å². The lowest BCUT2D eigenvalue weighted by Gasteiger charge is -2.24. The maximum absolute atomic E-state index is 13.2. The van der Waals surface area contributed by atoms with Crippen molar-refractivity contribution >= 4 is 22.8 Å². The summed E-state index contributed by atoms with van der Waals surface area (Å²) in [4.78, 5) is 8.11. The van der Waals surface area contributed by atoms with Crippen LogP contribution in [0.1, 0.15) is 19.4 Å². The average molecular weight is 310 g/mol. The van der Waals surface area contributed by atoms with Gasteiger partial charge in [0.1, 0.15) is 5.69 Å². The Morgan fingerprint density at radius 2 is 2.00 bits per heavy atom. The van der Waals surface area contributed by atoms with Crippen molar-refractivity contribution in [2.24, 2.45) is 4.99 Å². The number of fused-ring (bicyclic) bond motifs is 3. The minimum Gasteiger partial charge on any atom is -0.457 e. The van der Waals surface area contributed by atoms with Crippen molar-refractivity contribution in [2.75, 3.05) is 0 Å². The number of rotatable bonds is 2. The Balaban J connectivity index is 2.18. The number of alkyl halides is 3. The summed E-state index contributed by atoms with van der Waals surface area (Å²) in [6.07, 6.45) is -2.91. The fraction of sp³-hybridized carbons (Fsp3) is 0.333. The monoisotopic (exact) mass is 310 g/mol. The molecule has 1 aromatic carbocycles. The molecular weight excluding hydrogens is 297 g/mol. The molecule has 0 spiro atoms. The molecule has 0 aliphatic carbocycles. The van der Waals surface area contributed by atoms with Crippen LogP contribution in [0.5, 0.6) is 5.75 Å². The molecular formula is C15H13F3N2O2. The lowest BCUT2D eigenvalue weighted by Crippen LogP contribution is -2.27. The second-order valence-electron chi connectivity index (χ2n) is 5.11. The molecule has 1 aliphatic heterocycles. The molecule has 2 heterocycles. The summed E-state index contributed by atoms with van der Waals surface area (Å²) in [6.45, 7) is 3.61. The Bertz CT molecular complexity index is 741. The van der Waals surface area contributed by atoms with Gasteiger partial charge in [-0.3, -0.25) is 9.98 Å². The molecule has 0 N–H and O–H groups in total. The third-order valence-corrected chi connectivity index (χ3v) is 3.12. The molecule has 0 fully saturated rings. The van der Waals surface area contributed by atoms with Crippen LogP contribution in [0, 0.1) is 0 Å². The first-order valence-electron chi connectivity index (χ1n) is 6.71. The molecule has 2 aromatic rings. The first-order chi connectivity index (χ1) is 10.4. The fourth-order valence-electron chi connectivity index (χ4n) is 2.28. The molecule has 0 saturated carbocycles. The highest BCUT2D eigenvalue weighted by molar-refractivity contribution is 5.95. The molecule has 22 heavy (non-hydrogen) atoms. The summed E-state index contributed by atoms with van der Waals surface area (Å²) >= 11 is 0. The number of halogens is 3. The van der Waals surface area contributed by atoms with Gasteiger partial charge in [-0.2, -0.15) is 13.2 Å². The topological polar surface area (TPSA) is 43.7 Å². The number of pyridine rings is 1. The standard InChI is InChI=1S/C15H13F3N2O2/c1-8(2)21-12-7-20-11-4-3-10-13(14(11)22-12)9(5-6-19-10)15(16,17)18/h3-8,12H,1-2H3. The summed E-state index contributed by atoms with van der Waals surface area (Å²) in [5.74, 6) is 0.0473. The number of ether oxygens (including phenoxy) is 2. The van der Waals surface area contributed by atoms with Gasteiger partial charge in [0.2, 0.25) is 6.29 Å². The fourth-order valence-corrected chi connectivity index (χ4v) is 2.28. The molecule has 7 heteroatoms. The van der Waals surface area contributed by atoms with E-state index < -0.39 is 18.0 Å². The van der Waals surface area contributed by atoms with E-state index in [0.29, 0.717) is 5.69 Å². The summed E-state index contributed by atoms with van der Waals surface area (Å²) in [7, 11) is 0.